The minimum Gasteiger partial charge on any atom is -0.380 e. The molecule has 0 aliphatic heterocycles. The lowest BCUT2D eigenvalue weighted by Crippen LogP contribution is -2.10. The second-order valence-corrected chi connectivity index (χ2v) is 5.15. The Hall–Kier alpha value is -2.87. The Balaban J connectivity index is 1.97. The molecule has 0 spiro atoms. The van der Waals surface area contributed by atoms with Gasteiger partial charge in [0.05, 0.1) is 11.3 Å². The SMILES string of the molecule is CCCC(=O)Nc1ccc(CNc2ccc(F)cc2C#N)cc1. The van der Waals surface area contributed by atoms with Gasteiger partial charge in [-0.1, -0.05) is 19.1 Å². The molecule has 4 nitrogen and oxygen atoms in total. The topological polar surface area (TPSA) is 64.9 Å². The summed E-state index contributed by atoms with van der Waals surface area (Å²) in [6.45, 7) is 2.46. The summed E-state index contributed by atoms with van der Waals surface area (Å²) >= 11 is 0. The van der Waals surface area contributed by atoms with Crippen molar-refractivity contribution in [1.82, 2.24) is 0 Å². The molecule has 0 aromatic heterocycles. The van der Waals surface area contributed by atoms with Gasteiger partial charge in [-0.2, -0.15) is 5.26 Å². The van der Waals surface area contributed by atoms with E-state index in [9.17, 15) is 9.18 Å². The monoisotopic (exact) mass is 311 g/mol. The normalized spacial score (nSPS) is 9.96. The number of nitrogens with zero attached hydrogens (tertiary/aromatic N) is 1. The Morgan fingerprint density at radius 2 is 1.96 bits per heavy atom. The Morgan fingerprint density at radius 3 is 2.61 bits per heavy atom. The molecule has 0 unspecified atom stereocenters. The van der Waals surface area contributed by atoms with Gasteiger partial charge in [0.25, 0.3) is 0 Å². The lowest BCUT2D eigenvalue weighted by Gasteiger charge is -2.09. The van der Waals surface area contributed by atoms with Gasteiger partial charge in [0, 0.05) is 18.7 Å². The van der Waals surface area contributed by atoms with E-state index < -0.39 is 5.82 Å². The van der Waals surface area contributed by atoms with E-state index in [1.54, 1.807) is 6.07 Å². The zero-order valence-electron chi connectivity index (χ0n) is 12.9. The van der Waals surface area contributed by atoms with Crippen LogP contribution in [0.25, 0.3) is 0 Å². The van der Waals surface area contributed by atoms with E-state index >= 15 is 0 Å². The van der Waals surface area contributed by atoms with Crippen LogP contribution < -0.4 is 10.6 Å². The highest BCUT2D eigenvalue weighted by molar-refractivity contribution is 5.90. The average molecular weight is 311 g/mol. The van der Waals surface area contributed by atoms with Gasteiger partial charge < -0.3 is 10.6 Å². The van der Waals surface area contributed by atoms with E-state index in [1.165, 1.54) is 12.1 Å². The van der Waals surface area contributed by atoms with Crippen LogP contribution in [0.15, 0.2) is 42.5 Å². The summed E-state index contributed by atoms with van der Waals surface area (Å²) in [4.78, 5) is 11.5. The van der Waals surface area contributed by atoms with Crippen molar-refractivity contribution in [3.63, 3.8) is 0 Å². The van der Waals surface area contributed by atoms with E-state index in [1.807, 2.05) is 37.3 Å². The number of anilines is 2. The highest BCUT2D eigenvalue weighted by Gasteiger charge is 2.04. The van der Waals surface area contributed by atoms with Crippen molar-refractivity contribution in [3.05, 3.63) is 59.4 Å². The Kier molecular flexibility index (Phi) is 5.70. The summed E-state index contributed by atoms with van der Waals surface area (Å²) in [6, 6.07) is 13.5. The van der Waals surface area contributed by atoms with Crippen molar-refractivity contribution in [2.45, 2.75) is 26.3 Å². The third-order valence-electron chi connectivity index (χ3n) is 3.30. The quantitative estimate of drug-likeness (QED) is 0.846. The summed E-state index contributed by atoms with van der Waals surface area (Å²) in [5, 5.41) is 14.9. The van der Waals surface area contributed by atoms with Crippen LogP contribution >= 0.6 is 0 Å². The third kappa shape index (κ3) is 4.82. The molecule has 2 aromatic rings. The summed E-state index contributed by atoms with van der Waals surface area (Å²) < 4.78 is 13.1. The van der Waals surface area contributed by atoms with Crippen molar-refractivity contribution >= 4 is 17.3 Å². The number of rotatable bonds is 6. The molecule has 0 fully saturated rings. The summed E-state index contributed by atoms with van der Waals surface area (Å²) in [5.41, 5.74) is 2.61. The molecule has 118 valence electrons. The Bertz CT molecular complexity index is 720. The third-order valence-corrected chi connectivity index (χ3v) is 3.30. The number of hydrogen-bond acceptors (Lipinski definition) is 3. The van der Waals surface area contributed by atoms with Crippen LogP contribution in [0.5, 0.6) is 0 Å². The standard InChI is InChI=1S/C18H18FN3O/c1-2-3-18(23)22-16-7-4-13(5-8-16)12-21-17-9-6-15(19)10-14(17)11-20/h4-10,21H,2-3,12H2,1H3,(H,22,23). The average Bonchev–Trinajstić information content (AvgIpc) is 2.55. The fourth-order valence-electron chi connectivity index (χ4n) is 2.12. The van der Waals surface area contributed by atoms with E-state index in [4.69, 9.17) is 5.26 Å². The van der Waals surface area contributed by atoms with Crippen LogP contribution in [0, 0.1) is 17.1 Å². The van der Waals surface area contributed by atoms with E-state index in [0.717, 1.165) is 17.7 Å². The van der Waals surface area contributed by atoms with Crippen LogP contribution in [-0.2, 0) is 11.3 Å². The molecule has 0 saturated carbocycles. The first-order chi connectivity index (χ1) is 11.1. The fraction of sp³-hybridized carbons (Fsp3) is 0.222. The van der Waals surface area contributed by atoms with Gasteiger partial charge in [0.2, 0.25) is 5.91 Å². The maximum Gasteiger partial charge on any atom is 0.224 e. The van der Waals surface area contributed by atoms with Crippen molar-refractivity contribution in [1.29, 1.82) is 5.26 Å². The first kappa shape index (κ1) is 16.5. The van der Waals surface area contributed by atoms with Gasteiger partial charge in [0.15, 0.2) is 0 Å². The maximum absolute atomic E-state index is 13.1. The molecule has 2 rings (SSSR count). The zero-order valence-corrected chi connectivity index (χ0v) is 12.9. The summed E-state index contributed by atoms with van der Waals surface area (Å²) in [6.07, 6.45) is 1.32. The number of hydrogen-bond donors (Lipinski definition) is 2. The number of amides is 1. The van der Waals surface area contributed by atoms with Gasteiger partial charge in [-0.25, -0.2) is 4.39 Å². The van der Waals surface area contributed by atoms with Gasteiger partial charge in [-0.05, 0) is 42.3 Å². The molecule has 0 heterocycles. The minimum absolute atomic E-state index is 0.00310. The molecule has 2 aromatic carbocycles. The first-order valence-electron chi connectivity index (χ1n) is 7.44. The molecule has 0 radical (unpaired) electrons. The van der Waals surface area contributed by atoms with Crippen molar-refractivity contribution < 1.29 is 9.18 Å². The predicted molar refractivity (Wildman–Crippen MR) is 88.4 cm³/mol. The van der Waals surface area contributed by atoms with Crippen LogP contribution in [0.4, 0.5) is 15.8 Å². The number of carbonyl (C=O) groups is 1. The van der Waals surface area contributed by atoms with Gasteiger partial charge in [-0.15, -0.1) is 0 Å². The molecule has 0 atom stereocenters. The predicted octanol–water partition coefficient (Wildman–Crippen LogP) is 4.05. The van der Waals surface area contributed by atoms with Crippen molar-refractivity contribution in [3.8, 4) is 6.07 Å². The number of benzene rings is 2. The van der Waals surface area contributed by atoms with E-state index in [2.05, 4.69) is 10.6 Å². The van der Waals surface area contributed by atoms with Gasteiger partial charge in [0.1, 0.15) is 11.9 Å². The largest absolute Gasteiger partial charge is 0.380 e. The molecule has 23 heavy (non-hydrogen) atoms. The molecule has 0 aliphatic rings. The minimum atomic E-state index is -0.431. The van der Waals surface area contributed by atoms with Gasteiger partial charge >= 0.3 is 0 Å². The first-order valence-corrected chi connectivity index (χ1v) is 7.44. The molecule has 5 heteroatoms. The molecular formula is C18H18FN3O. The highest BCUT2D eigenvalue weighted by atomic mass is 19.1. The Labute approximate surface area is 134 Å². The second-order valence-electron chi connectivity index (χ2n) is 5.15. The van der Waals surface area contributed by atoms with Crippen LogP contribution in [-0.4, -0.2) is 5.91 Å². The number of carbonyl (C=O) groups excluding carboxylic acids is 1. The van der Waals surface area contributed by atoms with Crippen LogP contribution in [0.3, 0.4) is 0 Å². The second kappa shape index (κ2) is 7.95. The maximum atomic E-state index is 13.1. The lowest BCUT2D eigenvalue weighted by molar-refractivity contribution is -0.116. The zero-order chi connectivity index (χ0) is 16.7. The van der Waals surface area contributed by atoms with Crippen molar-refractivity contribution in [2.24, 2.45) is 0 Å². The van der Waals surface area contributed by atoms with Crippen molar-refractivity contribution in [2.75, 3.05) is 10.6 Å². The molecule has 0 aliphatic carbocycles. The smallest absolute Gasteiger partial charge is 0.224 e. The van der Waals surface area contributed by atoms with Crippen LogP contribution in [0.2, 0.25) is 0 Å². The molecule has 0 saturated heterocycles. The Morgan fingerprint density at radius 1 is 1.22 bits per heavy atom. The molecule has 2 N–H and O–H groups in total. The molecular weight excluding hydrogens is 293 g/mol. The molecule has 1 amide bonds. The van der Waals surface area contributed by atoms with Crippen LogP contribution in [0.1, 0.15) is 30.9 Å². The summed E-state index contributed by atoms with van der Waals surface area (Å²) in [5.74, 6) is -0.428. The fourth-order valence-corrected chi connectivity index (χ4v) is 2.12. The van der Waals surface area contributed by atoms with E-state index in [0.29, 0.717) is 18.7 Å². The lowest BCUT2D eigenvalue weighted by atomic mass is 10.1. The summed E-state index contributed by atoms with van der Waals surface area (Å²) in [7, 11) is 0. The number of halogens is 1. The highest BCUT2D eigenvalue weighted by Crippen LogP contribution is 2.18. The van der Waals surface area contributed by atoms with Gasteiger partial charge in [-0.3, -0.25) is 4.79 Å². The number of nitriles is 1. The van der Waals surface area contributed by atoms with E-state index in [-0.39, 0.29) is 11.5 Å². The molecule has 0 bridgehead atoms. The number of nitrogens with one attached hydrogen (secondary N) is 2.